The summed E-state index contributed by atoms with van der Waals surface area (Å²) in [6.45, 7) is 4.76. The SMILES string of the molecule is CC(=O)/C=C(/C)O.Cc1cc(F)c2ccc3c(-c4[c-]c5oc(-c6ccccc6)cc5c(-c5ccccc5)c4)nccc3c2c1.[Ir]. The first-order valence-corrected chi connectivity index (χ1v) is 14.2. The quantitative estimate of drug-likeness (QED) is 0.0838. The fourth-order valence-corrected chi connectivity index (χ4v) is 5.49. The van der Waals surface area contributed by atoms with Gasteiger partial charge in [0.15, 0.2) is 5.78 Å². The maximum absolute atomic E-state index is 14.7. The van der Waals surface area contributed by atoms with Crippen LogP contribution in [-0.4, -0.2) is 15.9 Å². The first kappa shape index (κ1) is 31.5. The van der Waals surface area contributed by atoms with Crippen molar-refractivity contribution in [2.24, 2.45) is 0 Å². The zero-order chi connectivity index (χ0) is 30.8. The molecule has 0 fully saturated rings. The second-order valence-electron chi connectivity index (χ2n) is 10.7. The molecule has 0 unspecified atom stereocenters. The van der Waals surface area contributed by atoms with Gasteiger partial charge in [-0.2, -0.15) is 0 Å². The van der Waals surface area contributed by atoms with E-state index in [1.165, 1.54) is 19.9 Å². The topological polar surface area (TPSA) is 63.3 Å². The molecule has 0 aliphatic heterocycles. The summed E-state index contributed by atoms with van der Waals surface area (Å²) in [5.41, 5.74) is 6.34. The molecule has 1 N–H and O–H groups in total. The minimum Gasteiger partial charge on any atom is -0.512 e. The van der Waals surface area contributed by atoms with Crippen molar-refractivity contribution in [3.05, 3.63) is 139 Å². The van der Waals surface area contributed by atoms with Gasteiger partial charge in [0.25, 0.3) is 0 Å². The number of hydrogen-bond acceptors (Lipinski definition) is 4. The molecule has 225 valence electrons. The number of fused-ring (bicyclic) bond motifs is 4. The number of hydrogen-bond donors (Lipinski definition) is 1. The third kappa shape index (κ3) is 6.63. The van der Waals surface area contributed by atoms with Gasteiger partial charge in [-0.3, -0.25) is 4.79 Å². The van der Waals surface area contributed by atoms with Crippen molar-refractivity contribution in [1.82, 2.24) is 4.98 Å². The van der Waals surface area contributed by atoms with Gasteiger partial charge in [0.05, 0.1) is 11.3 Å². The molecule has 2 aromatic heterocycles. The number of furan rings is 1. The molecule has 0 aliphatic rings. The van der Waals surface area contributed by atoms with Crippen LogP contribution in [0.4, 0.5) is 4.39 Å². The number of halogens is 1. The van der Waals surface area contributed by atoms with Crippen LogP contribution in [0.15, 0.2) is 126 Å². The fourth-order valence-electron chi connectivity index (χ4n) is 5.49. The van der Waals surface area contributed by atoms with E-state index in [0.29, 0.717) is 11.0 Å². The van der Waals surface area contributed by atoms with E-state index in [4.69, 9.17) is 14.5 Å². The summed E-state index contributed by atoms with van der Waals surface area (Å²) < 4.78 is 21.1. The average Bonchev–Trinajstić information content (AvgIpc) is 3.45. The van der Waals surface area contributed by atoms with Gasteiger partial charge in [-0.25, -0.2) is 4.39 Å². The Morgan fingerprint density at radius 1 is 0.800 bits per heavy atom. The summed E-state index contributed by atoms with van der Waals surface area (Å²) in [6.07, 6.45) is 2.95. The van der Waals surface area contributed by atoms with E-state index in [9.17, 15) is 9.18 Å². The Morgan fingerprint density at radius 3 is 2.11 bits per heavy atom. The Morgan fingerprint density at radius 2 is 1.47 bits per heavy atom. The number of aromatic nitrogens is 1. The molecule has 0 saturated heterocycles. The van der Waals surface area contributed by atoms with E-state index >= 15 is 0 Å². The summed E-state index contributed by atoms with van der Waals surface area (Å²) in [4.78, 5) is 14.8. The van der Waals surface area contributed by atoms with Gasteiger partial charge in [-0.15, -0.1) is 11.6 Å². The van der Waals surface area contributed by atoms with Crippen LogP contribution in [0, 0.1) is 18.8 Å². The number of pyridine rings is 1. The molecule has 6 heteroatoms. The number of benzene rings is 5. The summed E-state index contributed by atoms with van der Waals surface area (Å²) in [7, 11) is 0. The molecular weight excluding hydrogens is 742 g/mol. The van der Waals surface area contributed by atoms with Crippen LogP contribution in [0.1, 0.15) is 19.4 Å². The van der Waals surface area contributed by atoms with Crippen molar-refractivity contribution in [1.29, 1.82) is 0 Å². The third-order valence-corrected chi connectivity index (χ3v) is 7.34. The molecule has 4 nitrogen and oxygen atoms in total. The molecule has 5 aromatic carbocycles. The minimum atomic E-state index is -0.210. The maximum Gasteiger partial charge on any atom is 0.155 e. The number of rotatable bonds is 4. The molecule has 2 heterocycles. The molecule has 0 spiro atoms. The van der Waals surface area contributed by atoms with Gasteiger partial charge in [0.1, 0.15) is 11.6 Å². The molecule has 0 atom stereocenters. The zero-order valence-corrected chi connectivity index (χ0v) is 27.3. The number of carbonyl (C=O) groups is 1. The smallest absolute Gasteiger partial charge is 0.155 e. The number of aliphatic hydroxyl groups is 1. The predicted octanol–water partition coefficient (Wildman–Crippen LogP) is 10.4. The van der Waals surface area contributed by atoms with E-state index in [1.807, 2.05) is 79.7 Å². The van der Waals surface area contributed by atoms with Gasteiger partial charge >= 0.3 is 0 Å². The third-order valence-electron chi connectivity index (χ3n) is 7.34. The van der Waals surface area contributed by atoms with Crippen LogP contribution in [0.2, 0.25) is 0 Å². The van der Waals surface area contributed by atoms with Crippen molar-refractivity contribution in [2.75, 3.05) is 0 Å². The number of aliphatic hydroxyl groups excluding tert-OH is 1. The van der Waals surface area contributed by atoms with Gasteiger partial charge in [0, 0.05) is 43.3 Å². The normalized spacial score (nSPS) is 11.2. The maximum atomic E-state index is 14.7. The van der Waals surface area contributed by atoms with E-state index in [-0.39, 0.29) is 37.5 Å². The molecule has 7 aromatic rings. The van der Waals surface area contributed by atoms with Gasteiger partial charge in [0.2, 0.25) is 0 Å². The number of ketones is 1. The Kier molecular flexibility index (Phi) is 9.38. The van der Waals surface area contributed by atoms with Crippen LogP contribution in [0.3, 0.4) is 0 Å². The number of allylic oxidation sites excluding steroid dienone is 2. The zero-order valence-electron chi connectivity index (χ0n) is 24.9. The van der Waals surface area contributed by atoms with Crippen molar-refractivity contribution in [3.63, 3.8) is 0 Å². The molecule has 0 amide bonds. The summed E-state index contributed by atoms with van der Waals surface area (Å²) >= 11 is 0. The van der Waals surface area contributed by atoms with E-state index in [0.717, 1.165) is 60.8 Å². The van der Waals surface area contributed by atoms with Crippen molar-refractivity contribution in [3.8, 4) is 33.7 Å². The molecule has 0 aliphatic carbocycles. The number of nitrogens with zero attached hydrogens (tertiary/aromatic N) is 1. The van der Waals surface area contributed by atoms with Crippen molar-refractivity contribution >= 4 is 38.3 Å². The van der Waals surface area contributed by atoms with Crippen LogP contribution < -0.4 is 0 Å². The Bertz CT molecular complexity index is 2180. The Labute approximate surface area is 274 Å². The van der Waals surface area contributed by atoms with E-state index < -0.39 is 0 Å². The van der Waals surface area contributed by atoms with Gasteiger partial charge in [-0.05, 0) is 71.9 Å². The monoisotopic (exact) mass is 771 g/mol. The Hall–Kier alpha value is -4.90. The molecule has 0 bridgehead atoms. The molecule has 7 rings (SSSR count). The standard InChI is InChI=1S/C34H21FNO.C5H8O2.Ir/c1-21-16-29-25-14-15-36-34(27(25)13-12-26(29)31(35)17-21)24-18-28(22-8-4-2-5-9-22)30-20-32(37-33(30)19-24)23-10-6-3-7-11-23;1-4(6)3-5(2)7;/h2-18,20H,1H3;3,6H,1-2H3;/q-1;;/b;4-3-;. The van der Waals surface area contributed by atoms with Crippen LogP contribution in [0.5, 0.6) is 0 Å². The summed E-state index contributed by atoms with van der Waals surface area (Å²) in [5.74, 6) is 0.523. The van der Waals surface area contributed by atoms with Crippen LogP contribution >= 0.6 is 0 Å². The molecule has 45 heavy (non-hydrogen) atoms. The fraction of sp³-hybridized carbons (Fsp3) is 0.0769. The first-order valence-electron chi connectivity index (χ1n) is 14.2. The van der Waals surface area contributed by atoms with E-state index in [2.05, 4.69) is 30.3 Å². The van der Waals surface area contributed by atoms with Crippen molar-refractivity contribution < 1.29 is 38.8 Å². The largest absolute Gasteiger partial charge is 0.512 e. The van der Waals surface area contributed by atoms with Crippen LogP contribution in [-0.2, 0) is 24.9 Å². The van der Waals surface area contributed by atoms with Gasteiger partial charge < -0.3 is 14.5 Å². The molecule has 0 saturated carbocycles. The van der Waals surface area contributed by atoms with Gasteiger partial charge in [-0.1, -0.05) is 95.9 Å². The Balaban J connectivity index is 0.000000452. The molecular formula is C39H29FIrNO3-. The second kappa shape index (κ2) is 13.4. The van der Waals surface area contributed by atoms with Crippen molar-refractivity contribution in [2.45, 2.75) is 20.8 Å². The van der Waals surface area contributed by atoms with E-state index in [1.54, 1.807) is 12.3 Å². The predicted molar refractivity (Wildman–Crippen MR) is 176 cm³/mol. The number of carbonyl (C=O) groups excluding carboxylic acids is 1. The van der Waals surface area contributed by atoms with Crippen LogP contribution in [0.25, 0.3) is 66.2 Å². The first-order chi connectivity index (χ1) is 21.3. The average molecular weight is 771 g/mol. The number of aryl methyl sites for hydroxylation is 1. The summed E-state index contributed by atoms with van der Waals surface area (Å²) in [5, 5.41) is 12.8. The molecule has 1 radical (unpaired) electrons. The second-order valence-corrected chi connectivity index (χ2v) is 10.7. The summed E-state index contributed by atoms with van der Waals surface area (Å²) in [6, 6.07) is 37.5. The minimum absolute atomic E-state index is 0.